The SMILES string of the molecule is Cc1ccc(C2(C(=O)N3C[C@H]4CC[C@@H]3CN(Cc3ccncc3)C4)CC2)cc1. The number of pyridine rings is 1. The number of nitrogens with zero attached hydrogens (tertiary/aromatic N) is 3. The van der Waals surface area contributed by atoms with Gasteiger partial charge in [0.1, 0.15) is 0 Å². The summed E-state index contributed by atoms with van der Waals surface area (Å²) < 4.78 is 0. The molecule has 4 nitrogen and oxygen atoms in total. The number of carbonyl (C=O) groups is 1. The van der Waals surface area contributed by atoms with E-state index in [1.165, 1.54) is 23.1 Å². The van der Waals surface area contributed by atoms with Gasteiger partial charge in [-0.25, -0.2) is 0 Å². The second kappa shape index (κ2) is 7.00. The number of aryl methyl sites for hydroxylation is 1. The van der Waals surface area contributed by atoms with Crippen LogP contribution in [0.2, 0.25) is 0 Å². The Balaban J connectivity index is 1.34. The molecule has 3 saturated heterocycles. The van der Waals surface area contributed by atoms with E-state index in [9.17, 15) is 4.79 Å². The Hall–Kier alpha value is -2.20. The van der Waals surface area contributed by atoms with Gasteiger partial charge in [0.2, 0.25) is 5.91 Å². The van der Waals surface area contributed by atoms with Gasteiger partial charge >= 0.3 is 0 Å². The summed E-state index contributed by atoms with van der Waals surface area (Å²) in [6.45, 7) is 6.09. The van der Waals surface area contributed by atoms with Crippen molar-refractivity contribution < 1.29 is 4.79 Å². The lowest BCUT2D eigenvalue weighted by Crippen LogP contribution is -2.51. The zero-order chi connectivity index (χ0) is 19.1. The maximum absolute atomic E-state index is 13.7. The van der Waals surface area contributed by atoms with Crippen molar-refractivity contribution in [1.29, 1.82) is 0 Å². The molecule has 146 valence electrons. The fraction of sp³-hybridized carbons (Fsp3) is 0.500. The Labute approximate surface area is 167 Å². The molecule has 0 unspecified atom stereocenters. The van der Waals surface area contributed by atoms with E-state index in [1.807, 2.05) is 12.4 Å². The number of aromatic nitrogens is 1. The van der Waals surface area contributed by atoms with Crippen molar-refractivity contribution in [3.63, 3.8) is 0 Å². The van der Waals surface area contributed by atoms with Crippen LogP contribution in [0.1, 0.15) is 42.4 Å². The molecule has 4 fully saturated rings. The zero-order valence-corrected chi connectivity index (χ0v) is 16.7. The number of benzene rings is 1. The minimum absolute atomic E-state index is 0.242. The van der Waals surface area contributed by atoms with Crippen LogP contribution in [0.15, 0.2) is 48.8 Å². The second-order valence-electron chi connectivity index (χ2n) is 9.05. The molecule has 4 heteroatoms. The maximum atomic E-state index is 13.7. The van der Waals surface area contributed by atoms with Crippen molar-refractivity contribution in [2.75, 3.05) is 19.6 Å². The predicted octanol–water partition coefficient (Wildman–Crippen LogP) is 3.54. The number of rotatable bonds is 4. The first-order valence-electron chi connectivity index (χ1n) is 10.6. The molecule has 0 spiro atoms. The monoisotopic (exact) mass is 375 g/mol. The number of amides is 1. The first kappa shape index (κ1) is 17.9. The van der Waals surface area contributed by atoms with Crippen molar-refractivity contribution in [1.82, 2.24) is 14.8 Å². The van der Waals surface area contributed by atoms with Crippen LogP contribution in [-0.4, -0.2) is 46.4 Å². The average molecular weight is 376 g/mol. The molecule has 6 rings (SSSR count). The molecule has 0 N–H and O–H groups in total. The van der Waals surface area contributed by atoms with Crippen molar-refractivity contribution in [3.8, 4) is 0 Å². The largest absolute Gasteiger partial charge is 0.337 e. The highest BCUT2D eigenvalue weighted by molar-refractivity contribution is 5.91. The van der Waals surface area contributed by atoms with Crippen molar-refractivity contribution >= 4 is 5.91 Å². The molecule has 1 saturated carbocycles. The normalized spacial score (nSPS) is 26.1. The molecule has 1 aromatic heterocycles. The number of hydrogen-bond donors (Lipinski definition) is 0. The lowest BCUT2D eigenvalue weighted by atomic mass is 9.89. The van der Waals surface area contributed by atoms with Gasteiger partial charge in [-0.2, -0.15) is 0 Å². The maximum Gasteiger partial charge on any atom is 0.233 e. The van der Waals surface area contributed by atoms with E-state index in [4.69, 9.17) is 0 Å². The van der Waals surface area contributed by atoms with Crippen LogP contribution in [0.5, 0.6) is 0 Å². The average Bonchev–Trinajstić information content (AvgIpc) is 3.54. The first-order chi connectivity index (χ1) is 13.6. The van der Waals surface area contributed by atoms with E-state index < -0.39 is 0 Å². The van der Waals surface area contributed by atoms with Gasteiger partial charge in [0.15, 0.2) is 0 Å². The molecule has 3 aliphatic heterocycles. The molecule has 2 aromatic rings. The third kappa shape index (κ3) is 3.24. The van der Waals surface area contributed by atoms with Crippen LogP contribution in [-0.2, 0) is 16.8 Å². The van der Waals surface area contributed by atoms with Crippen molar-refractivity contribution in [2.24, 2.45) is 5.92 Å². The van der Waals surface area contributed by atoms with E-state index in [-0.39, 0.29) is 5.41 Å². The summed E-state index contributed by atoms with van der Waals surface area (Å²) in [7, 11) is 0. The third-order valence-corrected chi connectivity index (χ3v) is 6.97. The van der Waals surface area contributed by atoms with Gasteiger partial charge < -0.3 is 4.90 Å². The fourth-order valence-electron chi connectivity index (χ4n) is 5.20. The smallest absolute Gasteiger partial charge is 0.233 e. The molecule has 4 heterocycles. The van der Waals surface area contributed by atoms with E-state index in [2.05, 4.69) is 58.1 Å². The third-order valence-electron chi connectivity index (χ3n) is 6.97. The Kier molecular flexibility index (Phi) is 4.47. The van der Waals surface area contributed by atoms with Crippen LogP contribution < -0.4 is 0 Å². The summed E-state index contributed by atoms with van der Waals surface area (Å²) >= 11 is 0. The Bertz CT molecular complexity index is 844. The van der Waals surface area contributed by atoms with Gasteiger partial charge in [-0.15, -0.1) is 0 Å². The zero-order valence-electron chi connectivity index (χ0n) is 16.7. The van der Waals surface area contributed by atoms with E-state index in [0.29, 0.717) is 17.9 Å². The number of fused-ring (bicyclic) bond motifs is 4. The summed E-state index contributed by atoms with van der Waals surface area (Å²) in [5.74, 6) is 0.982. The van der Waals surface area contributed by atoms with Gasteiger partial charge in [-0.3, -0.25) is 14.7 Å². The number of piperidine rings is 1. The lowest BCUT2D eigenvalue weighted by Gasteiger charge is -2.38. The van der Waals surface area contributed by atoms with Crippen LogP contribution >= 0.6 is 0 Å². The van der Waals surface area contributed by atoms with Crippen molar-refractivity contribution in [2.45, 2.75) is 50.6 Å². The lowest BCUT2D eigenvalue weighted by molar-refractivity contribution is -0.138. The molecule has 1 aliphatic carbocycles. The molecule has 4 aliphatic rings. The van der Waals surface area contributed by atoms with Gasteiger partial charge in [0.25, 0.3) is 0 Å². The van der Waals surface area contributed by atoms with Gasteiger partial charge in [0.05, 0.1) is 5.41 Å². The molecule has 2 bridgehead atoms. The van der Waals surface area contributed by atoms with Crippen molar-refractivity contribution in [3.05, 3.63) is 65.5 Å². The highest BCUT2D eigenvalue weighted by atomic mass is 16.2. The Morgan fingerprint density at radius 3 is 2.50 bits per heavy atom. The van der Waals surface area contributed by atoms with Gasteiger partial charge in [-0.05, 0) is 61.8 Å². The second-order valence-corrected chi connectivity index (χ2v) is 9.05. The van der Waals surface area contributed by atoms with Crippen LogP contribution in [0.3, 0.4) is 0 Å². The number of carbonyl (C=O) groups excluding carboxylic acids is 1. The Morgan fingerprint density at radius 2 is 1.79 bits per heavy atom. The molecule has 2 atom stereocenters. The fourth-order valence-corrected chi connectivity index (χ4v) is 5.20. The molecule has 28 heavy (non-hydrogen) atoms. The summed E-state index contributed by atoms with van der Waals surface area (Å²) in [5.41, 5.74) is 3.55. The predicted molar refractivity (Wildman–Crippen MR) is 110 cm³/mol. The topological polar surface area (TPSA) is 36.4 Å². The van der Waals surface area contributed by atoms with E-state index >= 15 is 0 Å². The Morgan fingerprint density at radius 1 is 1.04 bits per heavy atom. The minimum Gasteiger partial charge on any atom is -0.337 e. The molecule has 0 radical (unpaired) electrons. The molecular weight excluding hydrogens is 346 g/mol. The van der Waals surface area contributed by atoms with E-state index in [1.54, 1.807) is 0 Å². The molecule has 1 amide bonds. The number of hydrogen-bond acceptors (Lipinski definition) is 3. The summed E-state index contributed by atoms with van der Waals surface area (Å²) in [5, 5.41) is 0. The standard InChI is InChI=1S/C24H29N3O/c1-18-2-5-21(6-3-18)24(10-11-24)23(28)27-16-20-4-7-22(27)17-26(15-20)14-19-8-12-25-13-9-19/h2-3,5-6,8-9,12-13,20,22H,4,7,10-11,14-17H2,1H3/t20-,22+/m0/s1. The van der Waals surface area contributed by atoms with Crippen LogP contribution in [0, 0.1) is 12.8 Å². The van der Waals surface area contributed by atoms with Crippen LogP contribution in [0.25, 0.3) is 0 Å². The first-order valence-corrected chi connectivity index (χ1v) is 10.6. The van der Waals surface area contributed by atoms with E-state index in [0.717, 1.165) is 45.4 Å². The molecule has 1 aromatic carbocycles. The van der Waals surface area contributed by atoms with Crippen LogP contribution in [0.4, 0.5) is 0 Å². The van der Waals surface area contributed by atoms with Gasteiger partial charge in [-0.1, -0.05) is 29.8 Å². The minimum atomic E-state index is -0.242. The molecular formula is C24H29N3O. The summed E-state index contributed by atoms with van der Waals surface area (Å²) in [6, 6.07) is 13.2. The summed E-state index contributed by atoms with van der Waals surface area (Å²) in [4.78, 5) is 22.6. The quantitative estimate of drug-likeness (QED) is 0.820. The summed E-state index contributed by atoms with van der Waals surface area (Å²) in [6.07, 6.45) is 8.14. The highest BCUT2D eigenvalue weighted by Gasteiger charge is 2.55. The van der Waals surface area contributed by atoms with Gasteiger partial charge in [0, 0.05) is 44.6 Å². The highest BCUT2D eigenvalue weighted by Crippen LogP contribution is 2.50.